The summed E-state index contributed by atoms with van der Waals surface area (Å²) in [6, 6.07) is 0.257. The van der Waals surface area contributed by atoms with E-state index < -0.39 is 0 Å². The van der Waals surface area contributed by atoms with Gasteiger partial charge in [-0.3, -0.25) is 4.99 Å². The molecule has 1 fully saturated rings. The quantitative estimate of drug-likeness (QED) is 0.351. The number of rotatable bonds is 8. The molecule has 8 heteroatoms. The molecule has 1 aromatic heterocycles. The molecular weight excluding hydrogens is 431 g/mol. The third-order valence-corrected chi connectivity index (χ3v) is 4.16. The summed E-state index contributed by atoms with van der Waals surface area (Å²) < 4.78 is 7.85. The molecule has 0 radical (unpaired) electrons. The first-order chi connectivity index (χ1) is 11.6. The lowest BCUT2D eigenvalue weighted by atomic mass is 10.1. The van der Waals surface area contributed by atoms with Gasteiger partial charge >= 0.3 is 0 Å². The largest absolute Gasteiger partial charge is 0.376 e. The first-order valence-electron chi connectivity index (χ1n) is 9.13. The second kappa shape index (κ2) is 11.7. The van der Waals surface area contributed by atoms with Gasteiger partial charge < -0.3 is 19.9 Å². The normalized spacial score (nSPS) is 18.9. The lowest BCUT2D eigenvalue weighted by molar-refractivity contribution is 0.0890. The molecule has 0 saturated carbocycles. The number of aliphatic imine (C=N–C) groups is 1. The van der Waals surface area contributed by atoms with Crippen LogP contribution in [0, 0.1) is 5.92 Å². The standard InChI is InChI=1S/C17H32N6O.HI/c1-5-16-22-20-12-23(16)9-8-18-17(19-11-13(2)3)21-14(4)15-7-6-10-24-15;/h12-15H,5-11H2,1-4H3,(H2,18,19,21);1H. The predicted molar refractivity (Wildman–Crippen MR) is 112 cm³/mol. The van der Waals surface area contributed by atoms with Crippen LogP contribution in [0.15, 0.2) is 11.3 Å². The number of hydrogen-bond donors (Lipinski definition) is 2. The van der Waals surface area contributed by atoms with E-state index in [0.29, 0.717) is 5.92 Å². The van der Waals surface area contributed by atoms with Crippen LogP contribution in [0.1, 0.15) is 46.4 Å². The van der Waals surface area contributed by atoms with E-state index in [2.05, 4.69) is 53.1 Å². The third-order valence-electron chi connectivity index (χ3n) is 4.16. The van der Waals surface area contributed by atoms with E-state index >= 15 is 0 Å². The van der Waals surface area contributed by atoms with Gasteiger partial charge in [0.2, 0.25) is 0 Å². The van der Waals surface area contributed by atoms with Crippen LogP contribution in [-0.4, -0.2) is 52.6 Å². The first kappa shape index (κ1) is 22.1. The fourth-order valence-electron chi connectivity index (χ4n) is 2.77. The predicted octanol–water partition coefficient (Wildman–Crippen LogP) is 2.22. The summed E-state index contributed by atoms with van der Waals surface area (Å²) in [4.78, 5) is 4.69. The molecule has 2 N–H and O–H groups in total. The Bertz CT molecular complexity index is 513. The molecule has 0 aliphatic carbocycles. The van der Waals surface area contributed by atoms with Gasteiger partial charge in [-0.15, -0.1) is 34.2 Å². The summed E-state index contributed by atoms with van der Waals surface area (Å²) in [5, 5.41) is 15.0. The Morgan fingerprint density at radius 2 is 2.24 bits per heavy atom. The van der Waals surface area contributed by atoms with Gasteiger partial charge in [0.1, 0.15) is 12.2 Å². The minimum absolute atomic E-state index is 0. The second-order valence-corrected chi connectivity index (χ2v) is 6.79. The molecule has 2 rings (SSSR count). The molecule has 0 spiro atoms. The zero-order valence-electron chi connectivity index (χ0n) is 15.9. The number of halogens is 1. The van der Waals surface area contributed by atoms with Crippen molar-refractivity contribution in [2.75, 3.05) is 19.7 Å². The van der Waals surface area contributed by atoms with Gasteiger partial charge in [0.05, 0.1) is 12.1 Å². The van der Waals surface area contributed by atoms with E-state index in [0.717, 1.165) is 57.3 Å². The molecule has 25 heavy (non-hydrogen) atoms. The third kappa shape index (κ3) is 7.47. The number of ether oxygens (including phenoxy) is 1. The molecule has 1 aliphatic rings. The molecule has 0 amide bonds. The monoisotopic (exact) mass is 464 g/mol. The zero-order valence-corrected chi connectivity index (χ0v) is 18.2. The molecule has 1 aromatic rings. The molecule has 0 aromatic carbocycles. The van der Waals surface area contributed by atoms with E-state index in [1.54, 1.807) is 6.33 Å². The Labute approximate surface area is 168 Å². The van der Waals surface area contributed by atoms with Gasteiger partial charge in [0.15, 0.2) is 5.96 Å². The van der Waals surface area contributed by atoms with Crippen LogP contribution in [0.3, 0.4) is 0 Å². The minimum atomic E-state index is 0. The van der Waals surface area contributed by atoms with Crippen LogP contribution in [0.5, 0.6) is 0 Å². The van der Waals surface area contributed by atoms with Crippen molar-refractivity contribution in [3.63, 3.8) is 0 Å². The van der Waals surface area contributed by atoms with E-state index in [1.165, 1.54) is 0 Å². The van der Waals surface area contributed by atoms with Crippen molar-refractivity contribution in [2.24, 2.45) is 10.9 Å². The van der Waals surface area contributed by atoms with Crippen LogP contribution in [0.2, 0.25) is 0 Å². The van der Waals surface area contributed by atoms with E-state index in [1.807, 2.05) is 0 Å². The van der Waals surface area contributed by atoms with Crippen LogP contribution < -0.4 is 10.6 Å². The summed E-state index contributed by atoms with van der Waals surface area (Å²) in [6.07, 6.45) is 5.22. The Morgan fingerprint density at radius 1 is 1.44 bits per heavy atom. The average molecular weight is 464 g/mol. The number of aryl methyl sites for hydroxylation is 1. The van der Waals surface area contributed by atoms with E-state index in [-0.39, 0.29) is 36.1 Å². The molecule has 1 saturated heterocycles. The van der Waals surface area contributed by atoms with Crippen molar-refractivity contribution in [2.45, 2.75) is 65.6 Å². The average Bonchev–Trinajstić information content (AvgIpc) is 3.23. The molecule has 2 heterocycles. The smallest absolute Gasteiger partial charge is 0.191 e. The molecule has 144 valence electrons. The SMILES string of the molecule is CCc1nncn1CCNC(=NCC(C)C)NC(C)C1CCCO1.I. The second-order valence-electron chi connectivity index (χ2n) is 6.79. The maximum atomic E-state index is 5.77. The van der Waals surface area contributed by atoms with E-state index in [4.69, 9.17) is 9.73 Å². The zero-order chi connectivity index (χ0) is 17.4. The molecule has 0 bridgehead atoms. The lowest BCUT2D eigenvalue weighted by Gasteiger charge is -2.23. The summed E-state index contributed by atoms with van der Waals surface area (Å²) >= 11 is 0. The lowest BCUT2D eigenvalue weighted by Crippen LogP contribution is -2.47. The number of aromatic nitrogens is 3. The van der Waals surface area contributed by atoms with Gasteiger partial charge in [-0.05, 0) is 25.7 Å². The minimum Gasteiger partial charge on any atom is -0.376 e. The van der Waals surface area contributed by atoms with Gasteiger partial charge in [-0.1, -0.05) is 20.8 Å². The number of hydrogen-bond acceptors (Lipinski definition) is 4. The Hall–Kier alpha value is -0.900. The number of nitrogens with zero attached hydrogens (tertiary/aromatic N) is 4. The Morgan fingerprint density at radius 3 is 2.88 bits per heavy atom. The van der Waals surface area contributed by atoms with Crippen molar-refractivity contribution in [3.05, 3.63) is 12.2 Å². The highest BCUT2D eigenvalue weighted by Crippen LogP contribution is 2.15. The molecule has 7 nitrogen and oxygen atoms in total. The van der Waals surface area contributed by atoms with Crippen molar-refractivity contribution < 1.29 is 4.74 Å². The molecule has 1 aliphatic heterocycles. The fraction of sp³-hybridized carbons (Fsp3) is 0.824. The van der Waals surface area contributed by atoms with Gasteiger partial charge in [-0.2, -0.15) is 0 Å². The molecular formula is C17H33IN6O. The van der Waals surface area contributed by atoms with Crippen molar-refractivity contribution >= 4 is 29.9 Å². The van der Waals surface area contributed by atoms with Gasteiger partial charge in [-0.25, -0.2) is 0 Å². The summed E-state index contributed by atoms with van der Waals surface area (Å²) in [5.74, 6) is 2.40. The van der Waals surface area contributed by atoms with E-state index in [9.17, 15) is 0 Å². The Balaban J connectivity index is 0.00000312. The highest BCUT2D eigenvalue weighted by Gasteiger charge is 2.23. The van der Waals surface area contributed by atoms with Crippen molar-refractivity contribution in [1.82, 2.24) is 25.4 Å². The number of guanidine groups is 1. The maximum absolute atomic E-state index is 5.77. The van der Waals surface area contributed by atoms with Gasteiger partial charge in [0.25, 0.3) is 0 Å². The highest BCUT2D eigenvalue weighted by molar-refractivity contribution is 14.0. The summed E-state index contributed by atoms with van der Waals surface area (Å²) in [6.45, 7) is 11.9. The van der Waals surface area contributed by atoms with Crippen molar-refractivity contribution in [3.8, 4) is 0 Å². The van der Waals surface area contributed by atoms with Crippen LogP contribution in [0.4, 0.5) is 0 Å². The topological polar surface area (TPSA) is 76.4 Å². The number of nitrogens with one attached hydrogen (secondary N) is 2. The van der Waals surface area contributed by atoms with Crippen LogP contribution >= 0.6 is 24.0 Å². The van der Waals surface area contributed by atoms with Gasteiger partial charge in [0, 0.05) is 32.7 Å². The first-order valence-corrected chi connectivity index (χ1v) is 9.13. The van der Waals surface area contributed by atoms with Crippen molar-refractivity contribution in [1.29, 1.82) is 0 Å². The fourth-order valence-corrected chi connectivity index (χ4v) is 2.77. The Kier molecular flexibility index (Phi) is 10.3. The van der Waals surface area contributed by atoms with Crippen LogP contribution in [-0.2, 0) is 17.7 Å². The molecule has 2 atom stereocenters. The molecule has 2 unspecified atom stereocenters. The summed E-state index contributed by atoms with van der Waals surface area (Å²) in [5.41, 5.74) is 0. The summed E-state index contributed by atoms with van der Waals surface area (Å²) in [7, 11) is 0. The highest BCUT2D eigenvalue weighted by atomic mass is 127. The van der Waals surface area contributed by atoms with Crippen LogP contribution in [0.25, 0.3) is 0 Å². The maximum Gasteiger partial charge on any atom is 0.191 e.